The van der Waals surface area contributed by atoms with Crippen molar-refractivity contribution in [3.63, 3.8) is 0 Å². The molecule has 112 valence electrons. The third-order valence-electron chi connectivity index (χ3n) is 3.73. The summed E-state index contributed by atoms with van der Waals surface area (Å²) in [5.74, 6) is 0.681. The second kappa shape index (κ2) is 6.02. The molecule has 0 aromatic heterocycles. The molecule has 2 aromatic carbocycles. The summed E-state index contributed by atoms with van der Waals surface area (Å²) in [6, 6.07) is 14.0. The van der Waals surface area contributed by atoms with E-state index in [2.05, 4.69) is 5.32 Å². The van der Waals surface area contributed by atoms with E-state index in [1.165, 1.54) is 0 Å². The van der Waals surface area contributed by atoms with E-state index in [9.17, 15) is 9.59 Å². The van der Waals surface area contributed by atoms with Gasteiger partial charge in [-0.1, -0.05) is 12.1 Å². The van der Waals surface area contributed by atoms with Crippen LogP contribution in [0.5, 0.6) is 5.75 Å². The van der Waals surface area contributed by atoms with Crippen LogP contribution in [0, 0.1) is 5.92 Å². The molecule has 1 fully saturated rings. The number of hydrogen-bond acceptors (Lipinski definition) is 3. The van der Waals surface area contributed by atoms with Gasteiger partial charge >= 0.3 is 0 Å². The van der Waals surface area contributed by atoms with Crippen molar-refractivity contribution in [3.8, 4) is 5.75 Å². The van der Waals surface area contributed by atoms with Crippen LogP contribution in [-0.4, -0.2) is 18.8 Å². The number of ether oxygens (including phenoxy) is 1. The minimum absolute atomic E-state index is 0.00465. The predicted octanol–water partition coefficient (Wildman–Crippen LogP) is 3.27. The van der Waals surface area contributed by atoms with E-state index in [1.54, 1.807) is 49.6 Å². The lowest BCUT2D eigenvalue weighted by Crippen LogP contribution is -2.16. The monoisotopic (exact) mass is 295 g/mol. The van der Waals surface area contributed by atoms with Crippen molar-refractivity contribution in [1.82, 2.24) is 0 Å². The highest BCUT2D eigenvalue weighted by Crippen LogP contribution is 2.31. The fourth-order valence-corrected chi connectivity index (χ4v) is 2.27. The first-order valence-corrected chi connectivity index (χ1v) is 7.27. The average molecular weight is 295 g/mol. The number of hydrogen-bond donors (Lipinski definition) is 1. The van der Waals surface area contributed by atoms with Gasteiger partial charge in [0.15, 0.2) is 5.78 Å². The summed E-state index contributed by atoms with van der Waals surface area (Å²) in [7, 11) is 1.58. The van der Waals surface area contributed by atoms with Gasteiger partial charge in [0.1, 0.15) is 5.75 Å². The number of rotatable bonds is 5. The summed E-state index contributed by atoms with van der Waals surface area (Å²) in [4.78, 5) is 24.6. The molecule has 4 heteroatoms. The summed E-state index contributed by atoms with van der Waals surface area (Å²) in [5.41, 5.74) is 1.64. The lowest BCUT2D eigenvalue weighted by Gasteiger charge is -2.10. The van der Waals surface area contributed by atoms with Crippen LogP contribution in [0.25, 0.3) is 0 Å². The Bertz CT molecular complexity index is 703. The van der Waals surface area contributed by atoms with Crippen molar-refractivity contribution >= 4 is 17.4 Å². The number of ketones is 1. The molecule has 0 bridgehead atoms. The van der Waals surface area contributed by atoms with Crippen molar-refractivity contribution in [3.05, 3.63) is 59.7 Å². The van der Waals surface area contributed by atoms with Crippen molar-refractivity contribution in [2.24, 2.45) is 5.92 Å². The molecule has 1 N–H and O–H groups in total. The zero-order valence-electron chi connectivity index (χ0n) is 12.3. The Morgan fingerprint density at radius 1 is 1.05 bits per heavy atom. The molecule has 2 aromatic rings. The fraction of sp³-hybridized carbons (Fsp3) is 0.222. The third-order valence-corrected chi connectivity index (χ3v) is 3.73. The van der Waals surface area contributed by atoms with Gasteiger partial charge < -0.3 is 10.1 Å². The summed E-state index contributed by atoms with van der Waals surface area (Å²) < 4.78 is 5.10. The average Bonchev–Trinajstić information content (AvgIpc) is 3.40. The van der Waals surface area contributed by atoms with Gasteiger partial charge in [0.25, 0.3) is 0 Å². The lowest BCUT2D eigenvalue weighted by atomic mass is 10.0. The summed E-state index contributed by atoms with van der Waals surface area (Å²) >= 11 is 0. The normalized spacial score (nSPS) is 13.5. The Hall–Kier alpha value is -2.62. The maximum Gasteiger partial charge on any atom is 0.227 e. The van der Waals surface area contributed by atoms with Gasteiger partial charge in [-0.3, -0.25) is 9.59 Å². The number of nitrogens with one attached hydrogen (secondary N) is 1. The van der Waals surface area contributed by atoms with Crippen molar-refractivity contribution in [2.75, 3.05) is 12.4 Å². The van der Waals surface area contributed by atoms with E-state index in [1.807, 2.05) is 6.07 Å². The van der Waals surface area contributed by atoms with Gasteiger partial charge in [-0.25, -0.2) is 0 Å². The van der Waals surface area contributed by atoms with Crippen LogP contribution in [-0.2, 0) is 4.79 Å². The van der Waals surface area contributed by atoms with E-state index in [4.69, 9.17) is 4.74 Å². The zero-order chi connectivity index (χ0) is 15.5. The number of carbonyl (C=O) groups excluding carboxylic acids is 2. The first-order chi connectivity index (χ1) is 10.7. The lowest BCUT2D eigenvalue weighted by molar-refractivity contribution is -0.117. The van der Waals surface area contributed by atoms with Gasteiger partial charge in [-0.2, -0.15) is 0 Å². The minimum Gasteiger partial charge on any atom is -0.497 e. The van der Waals surface area contributed by atoms with Gasteiger partial charge in [0.2, 0.25) is 5.91 Å². The SMILES string of the molecule is COc1ccc(C(=O)c2ccccc2NC(=O)C2CC2)cc1. The van der Waals surface area contributed by atoms with Gasteiger partial charge in [-0.15, -0.1) is 0 Å². The summed E-state index contributed by atoms with van der Waals surface area (Å²) in [6.07, 6.45) is 1.86. The van der Waals surface area contributed by atoms with Crippen molar-refractivity contribution in [2.45, 2.75) is 12.8 Å². The Labute approximate surface area is 129 Å². The van der Waals surface area contributed by atoms with Crippen molar-refractivity contribution < 1.29 is 14.3 Å². The Kier molecular flexibility index (Phi) is 3.92. The van der Waals surface area contributed by atoms with Gasteiger partial charge in [0, 0.05) is 17.0 Å². The molecule has 0 saturated heterocycles. The standard InChI is InChI=1S/C18H17NO3/c1-22-14-10-8-12(9-11-14)17(20)15-4-2-3-5-16(15)19-18(21)13-6-7-13/h2-5,8-11,13H,6-7H2,1H3,(H,19,21). The number of para-hydroxylation sites is 1. The number of methoxy groups -OCH3 is 1. The largest absolute Gasteiger partial charge is 0.497 e. The molecule has 1 aliphatic rings. The van der Waals surface area contributed by atoms with E-state index >= 15 is 0 Å². The molecule has 0 unspecified atom stereocenters. The molecule has 0 radical (unpaired) electrons. The van der Waals surface area contributed by atoms with Crippen LogP contribution in [0.1, 0.15) is 28.8 Å². The van der Waals surface area contributed by atoms with Crippen molar-refractivity contribution in [1.29, 1.82) is 0 Å². The van der Waals surface area contributed by atoms with Crippen LogP contribution in [0.4, 0.5) is 5.69 Å². The van der Waals surface area contributed by atoms with E-state index in [0.717, 1.165) is 12.8 Å². The number of carbonyl (C=O) groups is 2. The van der Waals surface area contributed by atoms with Gasteiger partial charge in [-0.05, 0) is 49.2 Å². The molecule has 0 spiro atoms. The quantitative estimate of drug-likeness (QED) is 0.861. The Morgan fingerprint density at radius 2 is 1.73 bits per heavy atom. The molecular weight excluding hydrogens is 278 g/mol. The van der Waals surface area contributed by atoms with Crippen LogP contribution in [0.3, 0.4) is 0 Å². The number of anilines is 1. The molecular formula is C18H17NO3. The molecule has 0 aliphatic heterocycles. The number of benzene rings is 2. The molecule has 4 nitrogen and oxygen atoms in total. The van der Waals surface area contributed by atoms with E-state index in [0.29, 0.717) is 22.6 Å². The molecule has 0 heterocycles. The Balaban J connectivity index is 1.86. The molecule has 0 atom stereocenters. The predicted molar refractivity (Wildman–Crippen MR) is 84.2 cm³/mol. The van der Waals surface area contributed by atoms with Crippen LogP contribution in [0.15, 0.2) is 48.5 Å². The second-order valence-electron chi connectivity index (χ2n) is 5.37. The Morgan fingerprint density at radius 3 is 2.36 bits per heavy atom. The van der Waals surface area contributed by atoms with E-state index < -0.39 is 0 Å². The van der Waals surface area contributed by atoms with Crippen LogP contribution >= 0.6 is 0 Å². The highest BCUT2D eigenvalue weighted by atomic mass is 16.5. The smallest absolute Gasteiger partial charge is 0.227 e. The minimum atomic E-state index is -0.116. The topological polar surface area (TPSA) is 55.4 Å². The van der Waals surface area contributed by atoms with Crippen LogP contribution < -0.4 is 10.1 Å². The van der Waals surface area contributed by atoms with Crippen LogP contribution in [0.2, 0.25) is 0 Å². The molecule has 1 saturated carbocycles. The molecule has 3 rings (SSSR count). The maximum atomic E-state index is 12.6. The second-order valence-corrected chi connectivity index (χ2v) is 5.37. The molecule has 22 heavy (non-hydrogen) atoms. The third kappa shape index (κ3) is 3.01. The highest BCUT2D eigenvalue weighted by Gasteiger charge is 2.30. The fourth-order valence-electron chi connectivity index (χ4n) is 2.27. The van der Waals surface area contributed by atoms with Gasteiger partial charge in [0.05, 0.1) is 12.8 Å². The summed E-state index contributed by atoms with van der Waals surface area (Å²) in [6.45, 7) is 0. The first kappa shape index (κ1) is 14.3. The zero-order valence-corrected chi connectivity index (χ0v) is 12.3. The van der Waals surface area contributed by atoms with E-state index in [-0.39, 0.29) is 17.6 Å². The number of amides is 1. The molecule has 1 amide bonds. The summed E-state index contributed by atoms with van der Waals surface area (Å²) in [5, 5.41) is 2.86. The highest BCUT2D eigenvalue weighted by molar-refractivity contribution is 6.14. The maximum absolute atomic E-state index is 12.6. The molecule has 1 aliphatic carbocycles. The first-order valence-electron chi connectivity index (χ1n) is 7.27.